The molecule has 0 fully saturated rings. The van der Waals surface area contributed by atoms with Crippen molar-refractivity contribution in [3.05, 3.63) is 66.5 Å². The van der Waals surface area contributed by atoms with E-state index in [1.807, 2.05) is 24.3 Å². The molecule has 0 aliphatic carbocycles. The van der Waals surface area contributed by atoms with Gasteiger partial charge in [0.2, 0.25) is 5.88 Å². The Bertz CT molecular complexity index is 1250. The molecule has 0 aliphatic rings. The summed E-state index contributed by atoms with van der Waals surface area (Å²) >= 11 is 0. The van der Waals surface area contributed by atoms with Gasteiger partial charge in [0, 0.05) is 11.6 Å². The van der Waals surface area contributed by atoms with Gasteiger partial charge in [-0.15, -0.1) is 15.3 Å². The first kappa shape index (κ1) is 22.0. The topological polar surface area (TPSA) is 99.9 Å². The molecule has 1 atom stereocenters. The van der Waals surface area contributed by atoms with Crippen molar-refractivity contribution in [3.63, 3.8) is 0 Å². The third-order valence-electron chi connectivity index (χ3n) is 4.71. The number of hydrogen-bond donors (Lipinski definition) is 1. The van der Waals surface area contributed by atoms with Crippen LogP contribution < -0.4 is 19.5 Å². The van der Waals surface area contributed by atoms with E-state index in [-0.39, 0.29) is 24.9 Å². The fourth-order valence-electron chi connectivity index (χ4n) is 3.04. The highest BCUT2D eigenvalue weighted by molar-refractivity contribution is 5.80. The van der Waals surface area contributed by atoms with Gasteiger partial charge >= 0.3 is 0 Å². The number of fused-ring (bicyclic) bond motifs is 1. The summed E-state index contributed by atoms with van der Waals surface area (Å²) in [5.41, 5.74) is 1.37. The molecular weight excluding hydrogens is 429 g/mol. The highest BCUT2D eigenvalue weighted by Crippen LogP contribution is 2.23. The summed E-state index contributed by atoms with van der Waals surface area (Å²) in [7, 11) is 1.60. The van der Waals surface area contributed by atoms with Crippen LogP contribution in [0.2, 0.25) is 0 Å². The predicted molar refractivity (Wildman–Crippen MR) is 118 cm³/mol. The number of carbonyl (C=O) groups is 1. The maximum Gasteiger partial charge on any atom is 0.260 e. The molecule has 0 aliphatic heterocycles. The molecule has 9 nitrogen and oxygen atoms in total. The van der Waals surface area contributed by atoms with E-state index < -0.39 is 6.10 Å². The lowest BCUT2D eigenvalue weighted by Gasteiger charge is -2.14. The Hall–Kier alpha value is -4.21. The average molecular weight is 451 g/mol. The molecule has 2 heterocycles. The number of hydrogen-bond acceptors (Lipinski definition) is 7. The van der Waals surface area contributed by atoms with E-state index in [4.69, 9.17) is 14.2 Å². The van der Waals surface area contributed by atoms with E-state index in [1.54, 1.807) is 30.7 Å². The van der Waals surface area contributed by atoms with Gasteiger partial charge < -0.3 is 19.5 Å². The molecule has 1 N–H and O–H groups in total. The Morgan fingerprint density at radius 1 is 1.09 bits per heavy atom. The van der Waals surface area contributed by atoms with Crippen molar-refractivity contribution < 1.29 is 23.4 Å². The normalized spacial score (nSPS) is 11.7. The van der Waals surface area contributed by atoms with Gasteiger partial charge in [0.25, 0.3) is 5.91 Å². The van der Waals surface area contributed by atoms with Crippen LogP contribution in [0.3, 0.4) is 0 Å². The summed E-state index contributed by atoms with van der Waals surface area (Å²) in [6, 6.07) is 16.3. The highest BCUT2D eigenvalue weighted by atomic mass is 19.1. The number of rotatable bonds is 9. The summed E-state index contributed by atoms with van der Waals surface area (Å²) in [5, 5.41) is 15.5. The predicted octanol–water partition coefficient (Wildman–Crippen LogP) is 2.90. The molecule has 0 saturated carbocycles. The number of halogens is 1. The van der Waals surface area contributed by atoms with Crippen LogP contribution >= 0.6 is 0 Å². The van der Waals surface area contributed by atoms with Crippen molar-refractivity contribution in [2.75, 3.05) is 20.3 Å². The van der Waals surface area contributed by atoms with E-state index in [0.717, 1.165) is 5.56 Å². The summed E-state index contributed by atoms with van der Waals surface area (Å²) in [6.45, 7) is 2.06. The van der Waals surface area contributed by atoms with Crippen LogP contribution in [0.25, 0.3) is 17.0 Å². The number of nitrogens with zero attached hydrogens (tertiary/aromatic N) is 4. The molecule has 10 heteroatoms. The van der Waals surface area contributed by atoms with E-state index in [9.17, 15) is 9.18 Å². The standard InChI is InChI=1S/C23H22FN5O4/c1-15(33-18-8-6-17(24)7-9-18)23(30)25-12-13-32-21-11-10-20-26-27-22(29(20)28-21)16-4-3-5-19(14-16)31-2/h3-11,14-15H,12-13H2,1-2H3,(H,25,30). The van der Waals surface area contributed by atoms with E-state index in [1.165, 1.54) is 24.3 Å². The Labute approximate surface area is 189 Å². The third-order valence-corrected chi connectivity index (χ3v) is 4.71. The van der Waals surface area contributed by atoms with Gasteiger partial charge in [-0.2, -0.15) is 4.52 Å². The van der Waals surface area contributed by atoms with Gasteiger partial charge in [-0.05, 0) is 49.4 Å². The summed E-state index contributed by atoms with van der Waals surface area (Å²) in [5.74, 6) is 1.33. The Morgan fingerprint density at radius 2 is 1.91 bits per heavy atom. The second-order valence-corrected chi connectivity index (χ2v) is 7.05. The maximum atomic E-state index is 13.0. The van der Waals surface area contributed by atoms with Crippen LogP contribution in [-0.2, 0) is 4.79 Å². The Morgan fingerprint density at radius 3 is 2.70 bits per heavy atom. The third kappa shape index (κ3) is 5.35. The Balaban J connectivity index is 1.33. The molecule has 4 aromatic rings. The molecule has 0 spiro atoms. The van der Waals surface area contributed by atoms with Crippen LogP contribution in [0, 0.1) is 5.82 Å². The van der Waals surface area contributed by atoms with Crippen LogP contribution in [0.5, 0.6) is 17.4 Å². The zero-order valence-corrected chi connectivity index (χ0v) is 18.1. The maximum absolute atomic E-state index is 13.0. The van der Waals surface area contributed by atoms with Crippen molar-refractivity contribution in [1.29, 1.82) is 0 Å². The van der Waals surface area contributed by atoms with Crippen molar-refractivity contribution in [1.82, 2.24) is 25.1 Å². The summed E-state index contributed by atoms with van der Waals surface area (Å²) in [4.78, 5) is 12.2. The number of methoxy groups -OCH3 is 1. The fourth-order valence-corrected chi connectivity index (χ4v) is 3.04. The first-order chi connectivity index (χ1) is 16.0. The second-order valence-electron chi connectivity index (χ2n) is 7.05. The van der Waals surface area contributed by atoms with Crippen LogP contribution in [-0.4, -0.2) is 52.1 Å². The average Bonchev–Trinajstić information content (AvgIpc) is 3.26. The highest BCUT2D eigenvalue weighted by Gasteiger charge is 2.15. The van der Waals surface area contributed by atoms with E-state index >= 15 is 0 Å². The molecule has 2 aromatic carbocycles. The molecule has 0 bridgehead atoms. The minimum Gasteiger partial charge on any atom is -0.497 e. The van der Waals surface area contributed by atoms with E-state index in [0.29, 0.717) is 28.9 Å². The molecule has 1 unspecified atom stereocenters. The zero-order chi connectivity index (χ0) is 23.2. The number of benzene rings is 2. The number of aromatic nitrogens is 4. The van der Waals surface area contributed by atoms with Gasteiger partial charge in [-0.1, -0.05) is 12.1 Å². The summed E-state index contributed by atoms with van der Waals surface area (Å²) < 4.78 is 31.0. The van der Waals surface area contributed by atoms with Gasteiger partial charge in [0.05, 0.1) is 13.7 Å². The minimum absolute atomic E-state index is 0.199. The van der Waals surface area contributed by atoms with Crippen molar-refractivity contribution in [3.8, 4) is 28.8 Å². The minimum atomic E-state index is -0.743. The van der Waals surface area contributed by atoms with Crippen molar-refractivity contribution >= 4 is 11.6 Å². The van der Waals surface area contributed by atoms with Crippen molar-refractivity contribution in [2.24, 2.45) is 0 Å². The van der Waals surface area contributed by atoms with Gasteiger partial charge in [-0.25, -0.2) is 4.39 Å². The molecule has 4 rings (SSSR count). The number of carbonyl (C=O) groups excluding carboxylic acids is 1. The molecule has 33 heavy (non-hydrogen) atoms. The number of amides is 1. The van der Waals surface area contributed by atoms with Crippen LogP contribution in [0.15, 0.2) is 60.7 Å². The summed E-state index contributed by atoms with van der Waals surface area (Å²) in [6.07, 6.45) is -0.743. The lowest BCUT2D eigenvalue weighted by Crippen LogP contribution is -2.38. The van der Waals surface area contributed by atoms with Gasteiger partial charge in [0.15, 0.2) is 17.6 Å². The van der Waals surface area contributed by atoms with Gasteiger partial charge in [-0.3, -0.25) is 4.79 Å². The molecule has 0 saturated heterocycles. The van der Waals surface area contributed by atoms with Gasteiger partial charge in [0.1, 0.15) is 23.9 Å². The Kier molecular flexibility index (Phi) is 6.63. The SMILES string of the molecule is COc1cccc(-c2nnc3ccc(OCCNC(=O)C(C)Oc4ccc(F)cc4)nn23)c1. The monoisotopic (exact) mass is 451 g/mol. The lowest BCUT2D eigenvalue weighted by atomic mass is 10.2. The molecular formula is C23H22FN5O4. The fraction of sp³-hybridized carbons (Fsp3) is 0.217. The molecule has 0 radical (unpaired) electrons. The zero-order valence-electron chi connectivity index (χ0n) is 18.1. The van der Waals surface area contributed by atoms with Crippen molar-refractivity contribution in [2.45, 2.75) is 13.0 Å². The first-order valence-corrected chi connectivity index (χ1v) is 10.2. The number of nitrogens with one attached hydrogen (secondary N) is 1. The smallest absolute Gasteiger partial charge is 0.260 e. The molecule has 1 amide bonds. The molecule has 170 valence electrons. The van der Waals surface area contributed by atoms with E-state index in [2.05, 4.69) is 20.6 Å². The largest absolute Gasteiger partial charge is 0.497 e. The van der Waals surface area contributed by atoms with Crippen LogP contribution in [0.1, 0.15) is 6.92 Å². The lowest BCUT2D eigenvalue weighted by molar-refractivity contribution is -0.127. The first-order valence-electron chi connectivity index (χ1n) is 10.2. The molecule has 2 aromatic heterocycles. The van der Waals surface area contributed by atoms with Crippen LogP contribution in [0.4, 0.5) is 4.39 Å². The second kappa shape index (κ2) is 9.94. The number of ether oxygens (including phenoxy) is 3. The quantitative estimate of drug-likeness (QED) is 0.391.